The SMILES string of the molecule is CNc1ccc(C(=O)Nc2cc(Cl)ccc2C#N)nc1. The molecule has 2 N–H and O–H groups in total. The molecule has 0 radical (unpaired) electrons. The third-order valence-electron chi connectivity index (χ3n) is 2.64. The molecule has 6 heteroatoms. The van der Waals surface area contributed by atoms with Crippen molar-refractivity contribution < 1.29 is 4.79 Å². The number of nitriles is 1. The van der Waals surface area contributed by atoms with Crippen LogP contribution >= 0.6 is 11.6 Å². The topological polar surface area (TPSA) is 77.8 Å². The lowest BCUT2D eigenvalue weighted by molar-refractivity contribution is 0.102. The molecular weight excluding hydrogens is 276 g/mol. The fraction of sp³-hybridized carbons (Fsp3) is 0.0714. The first kappa shape index (κ1) is 13.8. The number of carbonyl (C=O) groups excluding carboxylic acids is 1. The molecule has 1 aromatic heterocycles. The molecule has 0 aliphatic heterocycles. The van der Waals surface area contributed by atoms with Gasteiger partial charge in [-0.25, -0.2) is 4.98 Å². The summed E-state index contributed by atoms with van der Waals surface area (Å²) < 4.78 is 0. The van der Waals surface area contributed by atoms with Crippen molar-refractivity contribution in [2.75, 3.05) is 17.7 Å². The van der Waals surface area contributed by atoms with Gasteiger partial charge in [-0.15, -0.1) is 0 Å². The molecule has 0 bridgehead atoms. The van der Waals surface area contributed by atoms with E-state index in [1.807, 2.05) is 6.07 Å². The molecule has 0 aliphatic carbocycles. The van der Waals surface area contributed by atoms with Crippen LogP contribution in [-0.4, -0.2) is 17.9 Å². The van der Waals surface area contributed by atoms with Gasteiger partial charge in [0.05, 0.1) is 23.1 Å². The van der Waals surface area contributed by atoms with E-state index in [1.165, 1.54) is 6.07 Å². The van der Waals surface area contributed by atoms with Crippen LogP contribution in [0.1, 0.15) is 16.1 Å². The Labute approximate surface area is 121 Å². The zero-order valence-corrected chi connectivity index (χ0v) is 11.4. The van der Waals surface area contributed by atoms with E-state index in [-0.39, 0.29) is 5.69 Å². The normalized spacial score (nSPS) is 9.65. The third-order valence-corrected chi connectivity index (χ3v) is 2.87. The van der Waals surface area contributed by atoms with Crippen LogP contribution in [0, 0.1) is 11.3 Å². The highest BCUT2D eigenvalue weighted by Gasteiger charge is 2.10. The number of benzene rings is 1. The molecule has 1 heterocycles. The number of aromatic nitrogens is 1. The van der Waals surface area contributed by atoms with Crippen LogP contribution in [0.15, 0.2) is 36.5 Å². The van der Waals surface area contributed by atoms with Crippen LogP contribution in [0.25, 0.3) is 0 Å². The first-order chi connectivity index (χ1) is 9.63. The second-order valence-electron chi connectivity index (χ2n) is 3.94. The maximum absolute atomic E-state index is 12.0. The average Bonchev–Trinajstić information content (AvgIpc) is 2.47. The van der Waals surface area contributed by atoms with E-state index >= 15 is 0 Å². The summed E-state index contributed by atoms with van der Waals surface area (Å²) in [5, 5.41) is 15.0. The zero-order valence-electron chi connectivity index (χ0n) is 10.6. The van der Waals surface area contributed by atoms with Crippen molar-refractivity contribution in [3.05, 3.63) is 52.8 Å². The summed E-state index contributed by atoms with van der Waals surface area (Å²) in [5.74, 6) is -0.397. The first-order valence-electron chi connectivity index (χ1n) is 5.79. The van der Waals surface area contributed by atoms with Crippen molar-refractivity contribution in [2.24, 2.45) is 0 Å². The minimum atomic E-state index is -0.397. The van der Waals surface area contributed by atoms with E-state index in [2.05, 4.69) is 15.6 Å². The standard InChI is InChI=1S/C14H11ClN4O/c1-17-11-4-5-12(18-8-11)14(20)19-13-6-10(15)3-2-9(13)7-16/h2-6,8,17H,1H3,(H,19,20). The van der Waals surface area contributed by atoms with Gasteiger partial charge in [0.25, 0.3) is 5.91 Å². The molecule has 1 amide bonds. The molecule has 0 unspecified atom stereocenters. The third kappa shape index (κ3) is 3.05. The Balaban J connectivity index is 2.23. The molecular formula is C14H11ClN4O. The highest BCUT2D eigenvalue weighted by molar-refractivity contribution is 6.31. The summed E-state index contributed by atoms with van der Waals surface area (Å²) in [5.41, 5.74) is 1.77. The van der Waals surface area contributed by atoms with Crippen molar-refractivity contribution in [3.8, 4) is 6.07 Å². The predicted molar refractivity (Wildman–Crippen MR) is 77.9 cm³/mol. The van der Waals surface area contributed by atoms with Gasteiger partial charge in [-0.05, 0) is 30.3 Å². The van der Waals surface area contributed by atoms with Crippen LogP contribution < -0.4 is 10.6 Å². The van der Waals surface area contributed by atoms with Crippen LogP contribution in [0.5, 0.6) is 0 Å². The quantitative estimate of drug-likeness (QED) is 0.909. The van der Waals surface area contributed by atoms with Crippen LogP contribution in [0.4, 0.5) is 11.4 Å². The van der Waals surface area contributed by atoms with Crippen molar-refractivity contribution >= 4 is 28.9 Å². The van der Waals surface area contributed by atoms with Gasteiger partial charge in [-0.2, -0.15) is 5.26 Å². The Hall–Kier alpha value is -2.58. The molecule has 5 nitrogen and oxygen atoms in total. The molecule has 2 aromatic rings. The van der Waals surface area contributed by atoms with Gasteiger partial charge in [-0.1, -0.05) is 11.6 Å². The number of anilines is 2. The molecule has 0 saturated heterocycles. The van der Waals surface area contributed by atoms with Crippen molar-refractivity contribution in [1.29, 1.82) is 5.26 Å². The summed E-state index contributed by atoms with van der Waals surface area (Å²) in [6.45, 7) is 0. The molecule has 2 rings (SSSR count). The van der Waals surface area contributed by atoms with Gasteiger partial charge in [0.2, 0.25) is 0 Å². The van der Waals surface area contributed by atoms with Crippen LogP contribution in [0.3, 0.4) is 0 Å². The van der Waals surface area contributed by atoms with Gasteiger partial charge >= 0.3 is 0 Å². The fourth-order valence-corrected chi connectivity index (χ4v) is 1.75. The van der Waals surface area contributed by atoms with Crippen molar-refractivity contribution in [2.45, 2.75) is 0 Å². The Kier molecular flexibility index (Phi) is 4.18. The Morgan fingerprint density at radius 1 is 1.35 bits per heavy atom. The Morgan fingerprint density at radius 2 is 2.15 bits per heavy atom. The summed E-state index contributed by atoms with van der Waals surface area (Å²) in [6, 6.07) is 10.0. The van der Waals surface area contributed by atoms with Crippen molar-refractivity contribution in [3.63, 3.8) is 0 Å². The molecule has 0 atom stereocenters. The number of nitrogens with one attached hydrogen (secondary N) is 2. The number of nitrogens with zero attached hydrogens (tertiary/aromatic N) is 2. The summed E-state index contributed by atoms with van der Waals surface area (Å²) >= 11 is 5.86. The highest BCUT2D eigenvalue weighted by atomic mass is 35.5. The van der Waals surface area contributed by atoms with E-state index in [9.17, 15) is 4.79 Å². The van der Waals surface area contributed by atoms with E-state index in [4.69, 9.17) is 16.9 Å². The Morgan fingerprint density at radius 3 is 2.75 bits per heavy atom. The van der Waals surface area contributed by atoms with E-state index < -0.39 is 5.91 Å². The van der Waals surface area contributed by atoms with E-state index in [0.29, 0.717) is 16.3 Å². The molecule has 20 heavy (non-hydrogen) atoms. The molecule has 1 aromatic carbocycles. The van der Waals surface area contributed by atoms with Gasteiger partial charge in [-0.3, -0.25) is 4.79 Å². The number of halogens is 1. The number of hydrogen-bond acceptors (Lipinski definition) is 4. The monoisotopic (exact) mass is 286 g/mol. The van der Waals surface area contributed by atoms with Gasteiger partial charge < -0.3 is 10.6 Å². The lowest BCUT2D eigenvalue weighted by Crippen LogP contribution is -2.14. The highest BCUT2D eigenvalue weighted by Crippen LogP contribution is 2.21. The minimum Gasteiger partial charge on any atom is -0.387 e. The minimum absolute atomic E-state index is 0.257. The van der Waals surface area contributed by atoms with E-state index in [1.54, 1.807) is 37.5 Å². The predicted octanol–water partition coefficient (Wildman–Crippen LogP) is 2.90. The van der Waals surface area contributed by atoms with Gasteiger partial charge in [0.15, 0.2) is 0 Å². The maximum atomic E-state index is 12.0. The van der Waals surface area contributed by atoms with Gasteiger partial charge in [0.1, 0.15) is 11.8 Å². The number of pyridine rings is 1. The molecule has 0 fully saturated rings. The smallest absolute Gasteiger partial charge is 0.274 e. The molecule has 0 aliphatic rings. The molecule has 100 valence electrons. The van der Waals surface area contributed by atoms with E-state index in [0.717, 1.165) is 5.69 Å². The molecule has 0 spiro atoms. The summed E-state index contributed by atoms with van der Waals surface area (Å²) in [6.07, 6.45) is 1.55. The molecule has 0 saturated carbocycles. The largest absolute Gasteiger partial charge is 0.387 e. The second kappa shape index (κ2) is 6.04. The number of carbonyl (C=O) groups is 1. The summed E-state index contributed by atoms with van der Waals surface area (Å²) in [4.78, 5) is 16.1. The first-order valence-corrected chi connectivity index (χ1v) is 6.16. The average molecular weight is 287 g/mol. The number of rotatable bonds is 3. The lowest BCUT2D eigenvalue weighted by Gasteiger charge is -2.07. The zero-order chi connectivity index (χ0) is 14.5. The fourth-order valence-electron chi connectivity index (χ4n) is 1.58. The maximum Gasteiger partial charge on any atom is 0.274 e. The Bertz CT molecular complexity index is 677. The van der Waals surface area contributed by atoms with Crippen LogP contribution in [-0.2, 0) is 0 Å². The number of amides is 1. The van der Waals surface area contributed by atoms with Crippen LogP contribution in [0.2, 0.25) is 5.02 Å². The number of hydrogen-bond donors (Lipinski definition) is 2. The summed E-state index contributed by atoms with van der Waals surface area (Å²) in [7, 11) is 1.77. The second-order valence-corrected chi connectivity index (χ2v) is 4.37. The van der Waals surface area contributed by atoms with Crippen molar-refractivity contribution in [1.82, 2.24) is 4.98 Å². The van der Waals surface area contributed by atoms with Gasteiger partial charge in [0, 0.05) is 12.1 Å². The lowest BCUT2D eigenvalue weighted by atomic mass is 10.2.